The van der Waals surface area contributed by atoms with E-state index in [-0.39, 0.29) is 0 Å². The molecule has 0 aliphatic heterocycles. The predicted molar refractivity (Wildman–Crippen MR) is 127 cm³/mol. The Bertz CT molecular complexity index is 549. The zero-order chi connectivity index (χ0) is 21.5. The molecule has 0 nitrogen and oxygen atoms in total. The third-order valence-corrected chi connectivity index (χ3v) is 11.6. The van der Waals surface area contributed by atoms with Gasteiger partial charge < -0.3 is 0 Å². The first-order valence-electron chi connectivity index (χ1n) is 13.2. The van der Waals surface area contributed by atoms with Crippen molar-refractivity contribution in [3.8, 4) is 0 Å². The van der Waals surface area contributed by atoms with Crippen LogP contribution in [0.4, 0.5) is 0 Å². The SMILES string of the molecule is CC(C)C12CC(C)(C1)C2.CC(C)C12CC(C)(C1)C2.CC(C)C12CCC(C)(CC1)C2. The first-order chi connectivity index (χ1) is 13.2. The van der Waals surface area contributed by atoms with Crippen LogP contribution in [0.2, 0.25) is 0 Å². The number of fused-ring (bicyclic) bond motifs is 2. The van der Waals surface area contributed by atoms with Gasteiger partial charge in [0.25, 0.3) is 0 Å². The highest BCUT2D eigenvalue weighted by Crippen LogP contribution is 2.76. The summed E-state index contributed by atoms with van der Waals surface area (Å²) in [5.41, 5.74) is 4.80. The van der Waals surface area contributed by atoms with Gasteiger partial charge >= 0.3 is 0 Å². The molecule has 0 N–H and O–H groups in total. The third kappa shape index (κ3) is 3.46. The lowest BCUT2D eigenvalue weighted by Gasteiger charge is -2.72. The van der Waals surface area contributed by atoms with Crippen LogP contribution in [-0.4, -0.2) is 0 Å². The lowest BCUT2D eigenvalue weighted by Crippen LogP contribution is -2.62. The molecule has 0 aromatic rings. The molecule has 8 aliphatic rings. The molecule has 8 rings (SSSR count). The van der Waals surface area contributed by atoms with Gasteiger partial charge in [0, 0.05) is 0 Å². The Morgan fingerprint density at radius 1 is 0.379 bits per heavy atom. The molecule has 0 unspecified atom stereocenters. The Kier molecular flexibility index (Phi) is 4.98. The van der Waals surface area contributed by atoms with Crippen LogP contribution in [0, 0.1) is 50.2 Å². The van der Waals surface area contributed by atoms with Crippen molar-refractivity contribution >= 4 is 0 Å². The van der Waals surface area contributed by atoms with E-state index in [1.165, 1.54) is 70.6 Å². The van der Waals surface area contributed by atoms with E-state index in [1.807, 2.05) is 0 Å². The molecule has 0 spiro atoms. The average Bonchev–Trinajstić information content (AvgIpc) is 3.03. The summed E-state index contributed by atoms with van der Waals surface area (Å²) < 4.78 is 0. The number of hydrogen-bond donors (Lipinski definition) is 0. The molecule has 29 heavy (non-hydrogen) atoms. The maximum Gasteiger partial charge on any atom is -0.0259 e. The Morgan fingerprint density at radius 2 is 0.655 bits per heavy atom. The summed E-state index contributed by atoms with van der Waals surface area (Å²) in [6.07, 6.45) is 16.7. The van der Waals surface area contributed by atoms with E-state index in [2.05, 4.69) is 62.3 Å². The lowest BCUT2D eigenvalue weighted by atomic mass is 9.33. The van der Waals surface area contributed by atoms with Crippen LogP contribution in [0.1, 0.15) is 133 Å². The number of rotatable bonds is 3. The molecule has 8 fully saturated rings. The third-order valence-electron chi connectivity index (χ3n) is 11.6. The number of hydrogen-bond acceptors (Lipinski definition) is 0. The van der Waals surface area contributed by atoms with Crippen molar-refractivity contribution in [2.75, 3.05) is 0 Å². The Labute approximate surface area is 183 Å². The first-order valence-corrected chi connectivity index (χ1v) is 13.2. The van der Waals surface area contributed by atoms with E-state index < -0.39 is 0 Å². The molecule has 0 amide bonds. The minimum Gasteiger partial charge on any atom is -0.0622 e. The second-order valence-electron chi connectivity index (χ2n) is 15.2. The maximum absolute atomic E-state index is 2.49. The van der Waals surface area contributed by atoms with Crippen molar-refractivity contribution in [1.82, 2.24) is 0 Å². The largest absolute Gasteiger partial charge is 0.0622 e. The van der Waals surface area contributed by atoms with E-state index in [4.69, 9.17) is 0 Å². The van der Waals surface area contributed by atoms with Gasteiger partial charge in [0.15, 0.2) is 0 Å². The molecule has 0 aromatic heterocycles. The maximum atomic E-state index is 2.49. The zero-order valence-electron chi connectivity index (χ0n) is 21.5. The Balaban J connectivity index is 0.000000107. The van der Waals surface area contributed by atoms with Gasteiger partial charge in [-0.25, -0.2) is 0 Å². The topological polar surface area (TPSA) is 0 Å². The normalized spacial score (nSPS) is 52.6. The molecule has 0 radical (unpaired) electrons. The summed E-state index contributed by atoms with van der Waals surface area (Å²) >= 11 is 0. The summed E-state index contributed by atoms with van der Waals surface area (Å²) in [4.78, 5) is 0. The zero-order valence-corrected chi connectivity index (χ0v) is 21.5. The Hall–Kier alpha value is 0. The summed E-state index contributed by atoms with van der Waals surface area (Å²) in [5.74, 6) is 2.81. The fourth-order valence-electron chi connectivity index (χ4n) is 9.35. The minimum absolute atomic E-state index is 0.754. The standard InChI is InChI=1S/C11H20.2C9H16/c1-9(2)11-6-4-10(3,8-11)5-7-11;2*1-7(2)9-4-8(3,5-9)6-9/h9H,4-8H2,1-3H3;2*7H,4-6H2,1-3H3. The van der Waals surface area contributed by atoms with E-state index in [0.29, 0.717) is 0 Å². The van der Waals surface area contributed by atoms with Crippen molar-refractivity contribution in [2.24, 2.45) is 50.2 Å². The molecule has 0 atom stereocenters. The van der Waals surface area contributed by atoms with Gasteiger partial charge in [-0.1, -0.05) is 62.3 Å². The van der Waals surface area contributed by atoms with Crippen LogP contribution >= 0.6 is 0 Å². The van der Waals surface area contributed by atoms with E-state index >= 15 is 0 Å². The van der Waals surface area contributed by atoms with Crippen LogP contribution < -0.4 is 0 Å². The average molecular weight is 401 g/mol. The smallest absolute Gasteiger partial charge is 0.0259 e. The summed E-state index contributed by atoms with van der Waals surface area (Å²) in [6.45, 7) is 21.7. The van der Waals surface area contributed by atoms with Crippen molar-refractivity contribution in [2.45, 2.75) is 133 Å². The molecule has 0 aromatic carbocycles. The molecule has 168 valence electrons. The molecular formula is C29H52. The van der Waals surface area contributed by atoms with Gasteiger partial charge in [-0.2, -0.15) is 0 Å². The molecule has 0 heteroatoms. The van der Waals surface area contributed by atoms with Gasteiger partial charge in [-0.15, -0.1) is 0 Å². The van der Waals surface area contributed by atoms with Gasteiger partial charge in [-0.3, -0.25) is 0 Å². The van der Waals surface area contributed by atoms with E-state index in [9.17, 15) is 0 Å². The van der Waals surface area contributed by atoms with Gasteiger partial charge in [0.1, 0.15) is 0 Å². The molecular weight excluding hydrogens is 348 g/mol. The molecule has 8 saturated carbocycles. The fourth-order valence-corrected chi connectivity index (χ4v) is 9.35. The van der Waals surface area contributed by atoms with Crippen LogP contribution in [0.15, 0.2) is 0 Å². The summed E-state index contributed by atoms with van der Waals surface area (Å²) in [5, 5.41) is 0. The minimum atomic E-state index is 0.754. The highest BCUT2D eigenvalue weighted by atomic mass is 14.7. The first kappa shape index (κ1) is 22.2. The van der Waals surface area contributed by atoms with Crippen LogP contribution in [0.25, 0.3) is 0 Å². The van der Waals surface area contributed by atoms with E-state index in [0.717, 1.165) is 50.2 Å². The fraction of sp³-hybridized carbons (Fsp3) is 1.00. The predicted octanol–water partition coefficient (Wildman–Crippen LogP) is 9.28. The van der Waals surface area contributed by atoms with Crippen molar-refractivity contribution < 1.29 is 0 Å². The van der Waals surface area contributed by atoms with Crippen molar-refractivity contribution in [3.63, 3.8) is 0 Å². The molecule has 0 heterocycles. The molecule has 0 saturated heterocycles. The highest BCUT2D eigenvalue weighted by Gasteiger charge is 2.66. The summed E-state index contributed by atoms with van der Waals surface area (Å²) in [6, 6.07) is 0. The Morgan fingerprint density at radius 3 is 0.759 bits per heavy atom. The van der Waals surface area contributed by atoms with Gasteiger partial charge in [0.2, 0.25) is 0 Å². The highest BCUT2D eigenvalue weighted by molar-refractivity contribution is 5.16. The van der Waals surface area contributed by atoms with Crippen LogP contribution in [0.3, 0.4) is 0 Å². The summed E-state index contributed by atoms with van der Waals surface area (Å²) in [7, 11) is 0. The quantitative estimate of drug-likeness (QED) is 0.442. The van der Waals surface area contributed by atoms with Gasteiger partial charge in [0.05, 0.1) is 0 Å². The monoisotopic (exact) mass is 400 g/mol. The van der Waals surface area contributed by atoms with Gasteiger partial charge in [-0.05, 0) is 121 Å². The van der Waals surface area contributed by atoms with Crippen LogP contribution in [0.5, 0.6) is 0 Å². The van der Waals surface area contributed by atoms with Crippen LogP contribution in [-0.2, 0) is 0 Å². The second kappa shape index (κ2) is 6.51. The van der Waals surface area contributed by atoms with E-state index in [1.54, 1.807) is 0 Å². The van der Waals surface area contributed by atoms with Crippen molar-refractivity contribution in [3.05, 3.63) is 0 Å². The second-order valence-corrected chi connectivity index (χ2v) is 15.2. The van der Waals surface area contributed by atoms with Crippen molar-refractivity contribution in [1.29, 1.82) is 0 Å². The molecule has 8 aliphatic carbocycles. The molecule has 6 bridgehead atoms. The lowest BCUT2D eigenvalue weighted by molar-refractivity contribution is -0.217.